The highest BCUT2D eigenvalue weighted by Gasteiger charge is 2.33. The third-order valence-corrected chi connectivity index (χ3v) is 3.58. The van der Waals surface area contributed by atoms with Crippen molar-refractivity contribution in [1.82, 2.24) is 5.32 Å². The molecule has 0 saturated heterocycles. The predicted octanol–water partition coefficient (Wildman–Crippen LogP) is 4.64. The van der Waals surface area contributed by atoms with Gasteiger partial charge in [0.2, 0.25) is 0 Å². The molecule has 0 heterocycles. The molecule has 1 aliphatic carbocycles. The number of nitrogens with one attached hydrogen (secondary N) is 1. The summed E-state index contributed by atoms with van der Waals surface area (Å²) in [6.07, 6.45) is -0.784. The van der Waals surface area contributed by atoms with Crippen LogP contribution in [0.15, 0.2) is 23.8 Å². The monoisotopic (exact) mass is 301 g/mol. The number of rotatable bonds is 5. The van der Waals surface area contributed by atoms with Crippen LogP contribution in [-0.2, 0) is 6.18 Å². The standard InChI is InChI=1S/C16H19F4N/c1-10(2)12(9-21-14-5-6-14)7-11-3-4-13(17)8-15(11)16(18,19)20/h3-4,7-8,10,14,21H,5-6,9H2,1-2H3/b12-7+. The van der Waals surface area contributed by atoms with Crippen LogP contribution in [0.25, 0.3) is 6.08 Å². The summed E-state index contributed by atoms with van der Waals surface area (Å²) in [4.78, 5) is 0. The van der Waals surface area contributed by atoms with E-state index in [4.69, 9.17) is 0 Å². The van der Waals surface area contributed by atoms with Crippen molar-refractivity contribution in [2.75, 3.05) is 6.54 Å². The average Bonchev–Trinajstić information content (AvgIpc) is 3.18. The van der Waals surface area contributed by atoms with Gasteiger partial charge in [-0.05, 0) is 36.5 Å². The summed E-state index contributed by atoms with van der Waals surface area (Å²) in [5.74, 6) is -0.746. The lowest BCUT2D eigenvalue weighted by molar-refractivity contribution is -0.137. The van der Waals surface area contributed by atoms with Gasteiger partial charge in [0.25, 0.3) is 0 Å². The van der Waals surface area contributed by atoms with Gasteiger partial charge in [-0.2, -0.15) is 13.2 Å². The van der Waals surface area contributed by atoms with Crippen LogP contribution in [0.4, 0.5) is 17.6 Å². The van der Waals surface area contributed by atoms with E-state index in [0.29, 0.717) is 18.7 Å². The van der Waals surface area contributed by atoms with E-state index in [1.807, 2.05) is 13.8 Å². The van der Waals surface area contributed by atoms with E-state index in [1.165, 1.54) is 12.1 Å². The van der Waals surface area contributed by atoms with E-state index in [1.54, 1.807) is 0 Å². The molecule has 0 bridgehead atoms. The fourth-order valence-electron chi connectivity index (χ4n) is 2.07. The second kappa shape index (κ2) is 6.18. The van der Waals surface area contributed by atoms with Crippen molar-refractivity contribution < 1.29 is 17.6 Å². The molecule has 5 heteroatoms. The van der Waals surface area contributed by atoms with E-state index < -0.39 is 17.6 Å². The first-order chi connectivity index (χ1) is 9.77. The number of benzene rings is 1. The first-order valence-electron chi connectivity index (χ1n) is 7.08. The Labute approximate surface area is 122 Å². The van der Waals surface area contributed by atoms with Gasteiger partial charge in [0.05, 0.1) is 5.56 Å². The molecule has 116 valence electrons. The number of hydrogen-bond acceptors (Lipinski definition) is 1. The van der Waals surface area contributed by atoms with Crippen molar-refractivity contribution >= 4 is 6.08 Å². The summed E-state index contributed by atoms with van der Waals surface area (Å²) >= 11 is 0. The molecule has 1 aliphatic rings. The second-order valence-electron chi connectivity index (χ2n) is 5.76. The van der Waals surface area contributed by atoms with Gasteiger partial charge >= 0.3 is 6.18 Å². The van der Waals surface area contributed by atoms with Gasteiger partial charge in [-0.1, -0.05) is 31.6 Å². The summed E-state index contributed by atoms with van der Waals surface area (Å²) in [7, 11) is 0. The molecule has 0 radical (unpaired) electrons. The van der Waals surface area contributed by atoms with Crippen LogP contribution < -0.4 is 5.32 Å². The first kappa shape index (κ1) is 16.0. The lowest BCUT2D eigenvalue weighted by Gasteiger charge is -2.15. The van der Waals surface area contributed by atoms with Crippen molar-refractivity contribution in [1.29, 1.82) is 0 Å². The van der Waals surface area contributed by atoms with E-state index in [-0.39, 0.29) is 11.5 Å². The van der Waals surface area contributed by atoms with Crippen molar-refractivity contribution in [3.63, 3.8) is 0 Å². The van der Waals surface area contributed by atoms with Crippen LogP contribution in [0.5, 0.6) is 0 Å². The number of halogens is 4. The predicted molar refractivity (Wildman–Crippen MR) is 75.2 cm³/mol. The molecular weight excluding hydrogens is 282 g/mol. The quantitative estimate of drug-likeness (QED) is 0.782. The maximum Gasteiger partial charge on any atom is 0.417 e. The summed E-state index contributed by atoms with van der Waals surface area (Å²) < 4.78 is 52.1. The molecule has 1 nitrogen and oxygen atoms in total. The Morgan fingerprint density at radius 3 is 2.52 bits per heavy atom. The molecule has 0 unspecified atom stereocenters. The fraction of sp³-hybridized carbons (Fsp3) is 0.500. The third-order valence-electron chi connectivity index (χ3n) is 3.58. The smallest absolute Gasteiger partial charge is 0.310 e. The van der Waals surface area contributed by atoms with E-state index >= 15 is 0 Å². The Kier molecular flexibility index (Phi) is 4.71. The van der Waals surface area contributed by atoms with Crippen LogP contribution in [0.3, 0.4) is 0 Å². The highest BCUT2D eigenvalue weighted by Crippen LogP contribution is 2.34. The Balaban J connectivity index is 2.30. The number of alkyl halides is 3. The summed E-state index contributed by atoms with van der Waals surface area (Å²) in [5.41, 5.74) is -0.0173. The van der Waals surface area contributed by atoms with Crippen molar-refractivity contribution in [2.45, 2.75) is 38.9 Å². The largest absolute Gasteiger partial charge is 0.417 e. The summed E-state index contributed by atoms with van der Waals surface area (Å²) in [6.45, 7) is 4.45. The SMILES string of the molecule is CC(C)/C(=C/c1ccc(F)cc1C(F)(F)F)CNC1CC1. The van der Waals surface area contributed by atoms with E-state index in [0.717, 1.165) is 24.5 Å². The van der Waals surface area contributed by atoms with Crippen LogP contribution in [0.2, 0.25) is 0 Å². The van der Waals surface area contributed by atoms with Crippen LogP contribution in [0, 0.1) is 11.7 Å². The summed E-state index contributed by atoms with van der Waals surface area (Å²) in [6, 6.07) is 3.30. The molecule has 0 amide bonds. The molecule has 1 aromatic rings. The average molecular weight is 301 g/mol. The van der Waals surface area contributed by atoms with Crippen LogP contribution in [0.1, 0.15) is 37.8 Å². The first-order valence-corrected chi connectivity index (χ1v) is 7.08. The lowest BCUT2D eigenvalue weighted by atomic mass is 9.97. The van der Waals surface area contributed by atoms with Gasteiger partial charge in [-0.25, -0.2) is 4.39 Å². The zero-order valence-corrected chi connectivity index (χ0v) is 12.1. The van der Waals surface area contributed by atoms with Gasteiger partial charge in [0, 0.05) is 12.6 Å². The third kappa shape index (κ3) is 4.56. The molecule has 2 rings (SSSR count). The highest BCUT2D eigenvalue weighted by molar-refractivity contribution is 5.58. The molecule has 1 fully saturated rings. The Bertz CT molecular complexity index is 528. The van der Waals surface area contributed by atoms with Gasteiger partial charge in [-0.3, -0.25) is 0 Å². The van der Waals surface area contributed by atoms with E-state index in [9.17, 15) is 17.6 Å². The Morgan fingerprint density at radius 2 is 2.00 bits per heavy atom. The van der Waals surface area contributed by atoms with Crippen molar-refractivity contribution in [3.8, 4) is 0 Å². The second-order valence-corrected chi connectivity index (χ2v) is 5.76. The summed E-state index contributed by atoms with van der Waals surface area (Å²) in [5, 5.41) is 3.30. The zero-order valence-electron chi connectivity index (χ0n) is 12.1. The van der Waals surface area contributed by atoms with Crippen molar-refractivity contribution in [3.05, 3.63) is 40.7 Å². The topological polar surface area (TPSA) is 12.0 Å². The lowest BCUT2D eigenvalue weighted by Crippen LogP contribution is -2.21. The fourth-order valence-corrected chi connectivity index (χ4v) is 2.07. The normalized spacial score (nSPS) is 16.6. The maximum absolute atomic E-state index is 13.1. The molecular formula is C16H19F4N. The molecule has 21 heavy (non-hydrogen) atoms. The van der Waals surface area contributed by atoms with Crippen LogP contribution >= 0.6 is 0 Å². The Hall–Kier alpha value is -1.36. The number of hydrogen-bond donors (Lipinski definition) is 1. The van der Waals surface area contributed by atoms with E-state index in [2.05, 4.69) is 5.32 Å². The molecule has 1 N–H and O–H groups in total. The minimum atomic E-state index is -4.56. The zero-order chi connectivity index (χ0) is 15.6. The molecule has 0 aromatic heterocycles. The minimum absolute atomic E-state index is 0.0187. The van der Waals surface area contributed by atoms with Crippen LogP contribution in [-0.4, -0.2) is 12.6 Å². The molecule has 0 atom stereocenters. The maximum atomic E-state index is 13.1. The van der Waals surface area contributed by atoms with Gasteiger partial charge in [0.1, 0.15) is 5.82 Å². The van der Waals surface area contributed by atoms with Crippen molar-refractivity contribution in [2.24, 2.45) is 5.92 Å². The highest BCUT2D eigenvalue weighted by atomic mass is 19.4. The molecule has 1 aromatic carbocycles. The van der Waals surface area contributed by atoms with Gasteiger partial charge < -0.3 is 5.32 Å². The minimum Gasteiger partial charge on any atom is -0.310 e. The van der Waals surface area contributed by atoms with Gasteiger partial charge in [-0.15, -0.1) is 0 Å². The molecule has 0 aliphatic heterocycles. The van der Waals surface area contributed by atoms with Gasteiger partial charge in [0.15, 0.2) is 0 Å². The molecule has 0 spiro atoms. The Morgan fingerprint density at radius 1 is 1.33 bits per heavy atom. The molecule has 1 saturated carbocycles.